The second kappa shape index (κ2) is 17.0. The zero-order chi connectivity index (χ0) is 27.9. The van der Waals surface area contributed by atoms with Crippen molar-refractivity contribution in [1.82, 2.24) is 5.32 Å². The highest BCUT2D eigenvalue weighted by Crippen LogP contribution is 2.30. The molecule has 3 rings (SSSR count). The number of phenols is 1. The predicted molar refractivity (Wildman–Crippen MR) is 155 cm³/mol. The van der Waals surface area contributed by atoms with E-state index in [2.05, 4.69) is 5.32 Å². The van der Waals surface area contributed by atoms with Gasteiger partial charge in [0.1, 0.15) is 5.75 Å². The zero-order valence-electron chi connectivity index (χ0n) is 23.2. The quantitative estimate of drug-likeness (QED) is 0.174. The topological polar surface area (TPSA) is 116 Å². The third-order valence-corrected chi connectivity index (χ3v) is 9.87. The average molecular weight is 562 g/mol. The van der Waals surface area contributed by atoms with Gasteiger partial charge in [-0.1, -0.05) is 50.3 Å². The highest BCUT2D eigenvalue weighted by Gasteiger charge is 2.30. The first-order valence-corrected chi connectivity index (χ1v) is 16.2. The predicted octanol–water partition coefficient (Wildman–Crippen LogP) is 5.21. The van der Waals surface area contributed by atoms with Gasteiger partial charge in [-0.05, 0) is 86.9 Å². The summed E-state index contributed by atoms with van der Waals surface area (Å²) in [5.41, 5.74) is 2.21. The summed E-state index contributed by atoms with van der Waals surface area (Å²) in [7, 11) is -3.18. The molecule has 7 nitrogen and oxygen atoms in total. The molecule has 2 aromatic carbocycles. The number of unbranched alkanes of at least 4 members (excludes halogenated alkanes) is 5. The molecule has 0 spiro atoms. The van der Waals surface area contributed by atoms with Gasteiger partial charge in [0.05, 0.1) is 22.9 Å². The van der Waals surface area contributed by atoms with Gasteiger partial charge in [0.15, 0.2) is 9.84 Å². The first-order valence-electron chi connectivity index (χ1n) is 14.6. The van der Waals surface area contributed by atoms with Crippen LogP contribution in [0.4, 0.5) is 0 Å². The molecule has 1 unspecified atom stereocenters. The molecule has 2 aromatic rings. The third-order valence-electron chi connectivity index (χ3n) is 7.61. The van der Waals surface area contributed by atoms with Gasteiger partial charge >= 0.3 is 0 Å². The van der Waals surface area contributed by atoms with Crippen molar-refractivity contribution in [3.63, 3.8) is 0 Å². The first-order chi connectivity index (χ1) is 18.9. The lowest BCUT2D eigenvalue weighted by atomic mass is 10.1. The second-order valence-corrected chi connectivity index (χ2v) is 12.9. The van der Waals surface area contributed by atoms with E-state index in [-0.39, 0.29) is 17.6 Å². The number of ether oxygens (including phenoxy) is 1. The van der Waals surface area contributed by atoms with Crippen molar-refractivity contribution in [2.75, 3.05) is 26.3 Å². The molecule has 1 aliphatic carbocycles. The maximum absolute atomic E-state index is 12.8. The molecule has 8 heteroatoms. The van der Waals surface area contributed by atoms with Crippen molar-refractivity contribution in [1.29, 1.82) is 0 Å². The van der Waals surface area contributed by atoms with Crippen molar-refractivity contribution in [3.8, 4) is 5.75 Å². The summed E-state index contributed by atoms with van der Waals surface area (Å²) in [4.78, 5) is 0.495. The molecule has 0 bridgehead atoms. The van der Waals surface area contributed by atoms with Gasteiger partial charge in [-0.15, -0.1) is 0 Å². The summed E-state index contributed by atoms with van der Waals surface area (Å²) in [5.74, 6) is 0.0393. The number of aliphatic hydroxyl groups excluding tert-OH is 2. The van der Waals surface area contributed by atoms with Crippen LogP contribution in [0, 0.1) is 0 Å². The Kier molecular flexibility index (Phi) is 13.7. The standard InChI is InChI=1S/C31H47NO6S/c33-24-27-22-26(16-17-30(27)34)31(35)23-32-18-7-1-2-8-19-38-20-9-3-4-11-25-12-10-15-29(21-25)39(36,37)28-13-5-6-14-28/h10,12,15-17,21-22,28,31-35H,1-9,11,13-14,18-20,23-24H2. The van der Waals surface area contributed by atoms with Crippen LogP contribution in [0.15, 0.2) is 47.4 Å². The SMILES string of the molecule is O=S(=O)(c1cccc(CCCCCOCCCCCCNCC(O)c2ccc(O)c(CO)c2)c1)C1CCCC1. The summed E-state index contributed by atoms with van der Waals surface area (Å²) < 4.78 is 31.4. The number of aryl methyl sites for hydroxylation is 1. The summed E-state index contributed by atoms with van der Waals surface area (Å²) >= 11 is 0. The van der Waals surface area contributed by atoms with E-state index in [9.17, 15) is 23.7 Å². The lowest BCUT2D eigenvalue weighted by molar-refractivity contribution is 0.126. The molecule has 1 fully saturated rings. The fraction of sp³-hybridized carbons (Fsp3) is 0.613. The molecular formula is C31H47NO6S. The summed E-state index contributed by atoms with van der Waals surface area (Å²) in [6.07, 6.45) is 11.3. The molecule has 0 aliphatic heterocycles. The summed E-state index contributed by atoms with van der Waals surface area (Å²) in [6, 6.07) is 12.3. The molecule has 0 amide bonds. The van der Waals surface area contributed by atoms with Gasteiger partial charge in [0.2, 0.25) is 0 Å². The van der Waals surface area contributed by atoms with Crippen LogP contribution < -0.4 is 5.32 Å². The molecule has 0 radical (unpaired) electrons. The molecule has 0 aromatic heterocycles. The van der Waals surface area contributed by atoms with Crippen LogP contribution in [0.5, 0.6) is 5.75 Å². The number of sulfone groups is 1. The largest absolute Gasteiger partial charge is 0.508 e. The highest BCUT2D eigenvalue weighted by atomic mass is 32.2. The van der Waals surface area contributed by atoms with E-state index in [1.807, 2.05) is 18.2 Å². The minimum atomic E-state index is -3.18. The Bertz CT molecular complexity index is 1080. The molecule has 1 atom stereocenters. The van der Waals surface area contributed by atoms with Crippen LogP contribution >= 0.6 is 0 Å². The van der Waals surface area contributed by atoms with Crippen molar-refractivity contribution in [2.24, 2.45) is 0 Å². The summed E-state index contributed by atoms with van der Waals surface area (Å²) in [6.45, 7) is 2.56. The maximum Gasteiger partial charge on any atom is 0.181 e. The molecular weight excluding hydrogens is 514 g/mol. The number of benzene rings is 2. The average Bonchev–Trinajstić information content (AvgIpc) is 3.50. The molecule has 39 heavy (non-hydrogen) atoms. The van der Waals surface area contributed by atoms with Crippen LogP contribution in [0.2, 0.25) is 0 Å². The molecule has 1 aliphatic rings. The van der Waals surface area contributed by atoms with Gasteiger partial charge < -0.3 is 25.4 Å². The van der Waals surface area contributed by atoms with Crippen molar-refractivity contribution in [3.05, 3.63) is 59.2 Å². The van der Waals surface area contributed by atoms with E-state index in [0.29, 0.717) is 22.6 Å². The Hall–Kier alpha value is -1.97. The lowest BCUT2D eigenvalue weighted by Gasteiger charge is -2.14. The van der Waals surface area contributed by atoms with Crippen molar-refractivity contribution >= 4 is 9.84 Å². The van der Waals surface area contributed by atoms with E-state index in [0.717, 1.165) is 102 Å². The van der Waals surface area contributed by atoms with Gasteiger partial charge in [0.25, 0.3) is 0 Å². The molecule has 0 saturated heterocycles. The normalized spacial score (nSPS) is 15.1. The Morgan fingerprint density at radius 2 is 1.64 bits per heavy atom. The van der Waals surface area contributed by atoms with E-state index >= 15 is 0 Å². The number of hydrogen-bond acceptors (Lipinski definition) is 7. The van der Waals surface area contributed by atoms with Crippen molar-refractivity contribution < 1.29 is 28.5 Å². The smallest absolute Gasteiger partial charge is 0.181 e. The monoisotopic (exact) mass is 561 g/mol. The number of aromatic hydroxyl groups is 1. The second-order valence-electron chi connectivity index (χ2n) is 10.7. The van der Waals surface area contributed by atoms with Crippen LogP contribution in [0.3, 0.4) is 0 Å². The van der Waals surface area contributed by atoms with Gasteiger partial charge in [-0.3, -0.25) is 0 Å². The Morgan fingerprint density at radius 1 is 0.923 bits per heavy atom. The minimum Gasteiger partial charge on any atom is -0.508 e. The summed E-state index contributed by atoms with van der Waals surface area (Å²) in [5, 5.41) is 32.2. The van der Waals surface area contributed by atoms with Crippen LogP contribution in [0.25, 0.3) is 0 Å². The molecule has 4 N–H and O–H groups in total. The number of hydrogen-bond donors (Lipinski definition) is 4. The lowest BCUT2D eigenvalue weighted by Crippen LogP contribution is -2.22. The Labute approximate surface area is 234 Å². The van der Waals surface area contributed by atoms with E-state index in [1.165, 1.54) is 6.07 Å². The minimum absolute atomic E-state index is 0.0393. The van der Waals surface area contributed by atoms with Crippen molar-refractivity contribution in [2.45, 2.75) is 99.9 Å². The van der Waals surface area contributed by atoms with Crippen LogP contribution in [0.1, 0.15) is 93.4 Å². The highest BCUT2D eigenvalue weighted by molar-refractivity contribution is 7.92. The van der Waals surface area contributed by atoms with E-state index in [4.69, 9.17) is 4.74 Å². The Morgan fingerprint density at radius 3 is 2.38 bits per heavy atom. The van der Waals surface area contributed by atoms with Gasteiger partial charge in [-0.2, -0.15) is 0 Å². The van der Waals surface area contributed by atoms with Gasteiger partial charge in [0, 0.05) is 25.3 Å². The number of nitrogens with one attached hydrogen (secondary N) is 1. The number of rotatable bonds is 19. The Balaban J connectivity index is 1.15. The van der Waals surface area contributed by atoms with E-state index < -0.39 is 15.9 Å². The third kappa shape index (κ3) is 10.5. The first kappa shape index (κ1) is 31.6. The van der Waals surface area contributed by atoms with E-state index in [1.54, 1.807) is 18.2 Å². The van der Waals surface area contributed by atoms with Gasteiger partial charge in [-0.25, -0.2) is 8.42 Å². The fourth-order valence-corrected chi connectivity index (χ4v) is 7.11. The van der Waals surface area contributed by atoms with Crippen LogP contribution in [-0.4, -0.2) is 55.3 Å². The molecule has 0 heterocycles. The maximum atomic E-state index is 12.8. The molecule has 218 valence electrons. The zero-order valence-corrected chi connectivity index (χ0v) is 24.0. The fourth-order valence-electron chi connectivity index (χ4n) is 5.18. The van der Waals surface area contributed by atoms with Crippen LogP contribution in [-0.2, 0) is 27.6 Å². The molecule has 1 saturated carbocycles. The number of aliphatic hydroxyl groups is 2.